The lowest BCUT2D eigenvalue weighted by Gasteiger charge is -2.13. The molecule has 1 atom stereocenters. The molecule has 0 fully saturated rings. The van der Waals surface area contributed by atoms with E-state index in [1.165, 1.54) is 0 Å². The van der Waals surface area contributed by atoms with Crippen molar-refractivity contribution in [3.05, 3.63) is 35.4 Å². The Morgan fingerprint density at radius 3 is 2.70 bits per heavy atom. The molecule has 1 rings (SSSR count). The van der Waals surface area contributed by atoms with Crippen molar-refractivity contribution in [3.8, 4) is 0 Å². The van der Waals surface area contributed by atoms with Crippen LogP contribution in [-0.2, 0) is 22.6 Å². The smallest absolute Gasteiger partial charge is 0.383 e. The SMILES string of the molecule is COCC(C)NC(N)=NCc1cccc(COCC(F)(F)F)c1. The predicted octanol–water partition coefficient (Wildman–Crippen LogP) is 2.20. The molecule has 0 amide bonds. The summed E-state index contributed by atoms with van der Waals surface area (Å²) in [4.78, 5) is 4.18. The Labute approximate surface area is 133 Å². The lowest BCUT2D eigenvalue weighted by Crippen LogP contribution is -2.40. The molecule has 0 aliphatic rings. The highest BCUT2D eigenvalue weighted by Crippen LogP contribution is 2.16. The van der Waals surface area contributed by atoms with Gasteiger partial charge in [-0.2, -0.15) is 13.2 Å². The lowest BCUT2D eigenvalue weighted by molar-refractivity contribution is -0.176. The number of nitrogens with one attached hydrogen (secondary N) is 1. The molecule has 1 aromatic rings. The van der Waals surface area contributed by atoms with E-state index in [-0.39, 0.29) is 18.6 Å². The molecule has 0 aliphatic carbocycles. The van der Waals surface area contributed by atoms with E-state index >= 15 is 0 Å². The zero-order valence-corrected chi connectivity index (χ0v) is 13.2. The Balaban J connectivity index is 2.50. The van der Waals surface area contributed by atoms with E-state index in [1.54, 1.807) is 25.3 Å². The molecule has 0 spiro atoms. The molecule has 0 saturated carbocycles. The van der Waals surface area contributed by atoms with E-state index in [0.29, 0.717) is 18.7 Å². The number of alkyl halides is 3. The van der Waals surface area contributed by atoms with Crippen LogP contribution < -0.4 is 11.1 Å². The van der Waals surface area contributed by atoms with Crippen LogP contribution in [0.4, 0.5) is 13.2 Å². The van der Waals surface area contributed by atoms with Crippen molar-refractivity contribution in [2.24, 2.45) is 10.7 Å². The Morgan fingerprint density at radius 2 is 2.04 bits per heavy atom. The highest BCUT2D eigenvalue weighted by Gasteiger charge is 2.27. The highest BCUT2D eigenvalue weighted by atomic mass is 19.4. The molecule has 0 aliphatic heterocycles. The molecule has 0 bridgehead atoms. The molecular formula is C15H22F3N3O2. The van der Waals surface area contributed by atoms with Crippen molar-refractivity contribution in [2.75, 3.05) is 20.3 Å². The Kier molecular flexibility index (Phi) is 7.84. The molecule has 3 N–H and O–H groups in total. The van der Waals surface area contributed by atoms with Crippen molar-refractivity contribution in [1.82, 2.24) is 5.32 Å². The summed E-state index contributed by atoms with van der Waals surface area (Å²) >= 11 is 0. The molecule has 0 aromatic heterocycles. The van der Waals surface area contributed by atoms with Crippen molar-refractivity contribution >= 4 is 5.96 Å². The normalized spacial score (nSPS) is 13.9. The Hall–Kier alpha value is -1.80. The summed E-state index contributed by atoms with van der Waals surface area (Å²) < 4.78 is 45.7. The molecule has 0 radical (unpaired) electrons. The molecule has 8 heteroatoms. The van der Waals surface area contributed by atoms with Gasteiger partial charge in [0.25, 0.3) is 0 Å². The number of nitrogens with two attached hydrogens (primary N) is 1. The average molecular weight is 333 g/mol. The molecular weight excluding hydrogens is 311 g/mol. The summed E-state index contributed by atoms with van der Waals surface area (Å²) in [6.07, 6.45) is -4.32. The van der Waals surface area contributed by atoms with E-state index in [2.05, 4.69) is 15.0 Å². The molecule has 130 valence electrons. The van der Waals surface area contributed by atoms with Crippen molar-refractivity contribution in [2.45, 2.75) is 32.3 Å². The minimum atomic E-state index is -4.32. The maximum absolute atomic E-state index is 12.0. The highest BCUT2D eigenvalue weighted by molar-refractivity contribution is 5.78. The van der Waals surface area contributed by atoms with E-state index in [4.69, 9.17) is 10.5 Å². The second-order valence-corrected chi connectivity index (χ2v) is 5.13. The van der Waals surface area contributed by atoms with Gasteiger partial charge in [-0.15, -0.1) is 0 Å². The van der Waals surface area contributed by atoms with Gasteiger partial charge in [0.05, 0.1) is 19.8 Å². The summed E-state index contributed by atoms with van der Waals surface area (Å²) in [7, 11) is 1.60. The zero-order valence-electron chi connectivity index (χ0n) is 13.2. The maximum atomic E-state index is 12.0. The van der Waals surface area contributed by atoms with Crippen LogP contribution in [0.1, 0.15) is 18.1 Å². The van der Waals surface area contributed by atoms with E-state index in [0.717, 1.165) is 5.56 Å². The van der Waals surface area contributed by atoms with Gasteiger partial charge in [0.2, 0.25) is 0 Å². The van der Waals surface area contributed by atoms with Crippen LogP contribution in [0.3, 0.4) is 0 Å². The van der Waals surface area contributed by atoms with Gasteiger partial charge in [0.1, 0.15) is 6.61 Å². The predicted molar refractivity (Wildman–Crippen MR) is 82.0 cm³/mol. The van der Waals surface area contributed by atoms with Crippen LogP contribution >= 0.6 is 0 Å². The van der Waals surface area contributed by atoms with E-state index in [9.17, 15) is 13.2 Å². The number of hydrogen-bond donors (Lipinski definition) is 2. The number of halogens is 3. The molecule has 23 heavy (non-hydrogen) atoms. The number of hydrogen-bond acceptors (Lipinski definition) is 3. The molecule has 0 saturated heterocycles. The Morgan fingerprint density at radius 1 is 1.35 bits per heavy atom. The quantitative estimate of drug-likeness (QED) is 0.565. The monoisotopic (exact) mass is 333 g/mol. The van der Waals surface area contributed by atoms with E-state index in [1.807, 2.05) is 13.0 Å². The van der Waals surface area contributed by atoms with Gasteiger partial charge in [0, 0.05) is 13.2 Å². The largest absolute Gasteiger partial charge is 0.411 e. The fourth-order valence-corrected chi connectivity index (χ4v) is 1.87. The second kappa shape index (κ2) is 9.36. The minimum Gasteiger partial charge on any atom is -0.383 e. The number of guanidine groups is 1. The van der Waals surface area contributed by atoms with Gasteiger partial charge in [-0.3, -0.25) is 0 Å². The van der Waals surface area contributed by atoms with Crippen LogP contribution in [-0.4, -0.2) is 38.5 Å². The number of benzene rings is 1. The van der Waals surface area contributed by atoms with E-state index < -0.39 is 12.8 Å². The number of methoxy groups -OCH3 is 1. The molecule has 1 aromatic carbocycles. The Bertz CT molecular complexity index is 507. The average Bonchev–Trinajstić information content (AvgIpc) is 2.44. The van der Waals surface area contributed by atoms with Crippen LogP contribution in [0, 0.1) is 0 Å². The summed E-state index contributed by atoms with van der Waals surface area (Å²) in [5, 5.41) is 2.97. The van der Waals surface area contributed by atoms with Gasteiger partial charge >= 0.3 is 6.18 Å². The van der Waals surface area contributed by atoms with Gasteiger partial charge in [-0.25, -0.2) is 4.99 Å². The zero-order chi connectivity index (χ0) is 17.3. The fourth-order valence-electron chi connectivity index (χ4n) is 1.87. The first-order chi connectivity index (χ1) is 10.8. The summed E-state index contributed by atoms with van der Waals surface area (Å²) in [5.41, 5.74) is 7.24. The maximum Gasteiger partial charge on any atom is 0.411 e. The minimum absolute atomic E-state index is 0.0332. The van der Waals surface area contributed by atoms with Gasteiger partial charge in [-0.05, 0) is 18.1 Å². The molecule has 5 nitrogen and oxygen atoms in total. The van der Waals surface area contributed by atoms with Crippen LogP contribution in [0.5, 0.6) is 0 Å². The molecule has 0 heterocycles. The van der Waals surface area contributed by atoms with Crippen molar-refractivity contribution < 1.29 is 22.6 Å². The summed E-state index contributed by atoms with van der Waals surface area (Å²) in [6.45, 7) is 1.37. The van der Waals surface area contributed by atoms with Gasteiger partial charge < -0.3 is 20.5 Å². The molecule has 1 unspecified atom stereocenters. The lowest BCUT2D eigenvalue weighted by atomic mass is 10.1. The first-order valence-electron chi connectivity index (χ1n) is 7.08. The third kappa shape index (κ3) is 9.04. The van der Waals surface area contributed by atoms with Crippen LogP contribution in [0.25, 0.3) is 0 Å². The van der Waals surface area contributed by atoms with Crippen LogP contribution in [0.15, 0.2) is 29.3 Å². The van der Waals surface area contributed by atoms with Crippen molar-refractivity contribution in [3.63, 3.8) is 0 Å². The standard InChI is InChI=1S/C15H22F3N3O2/c1-11(8-22-2)21-14(19)20-7-12-4-3-5-13(6-12)9-23-10-15(16,17)18/h3-6,11H,7-10H2,1-2H3,(H3,19,20,21). The number of aliphatic imine (C=N–C) groups is 1. The second-order valence-electron chi connectivity index (χ2n) is 5.13. The first-order valence-corrected chi connectivity index (χ1v) is 7.08. The van der Waals surface area contributed by atoms with Crippen LogP contribution in [0.2, 0.25) is 0 Å². The van der Waals surface area contributed by atoms with Gasteiger partial charge in [0.15, 0.2) is 5.96 Å². The summed E-state index contributed by atoms with van der Waals surface area (Å²) in [6, 6.07) is 7.04. The number of rotatable bonds is 8. The third-order valence-corrected chi connectivity index (χ3v) is 2.77. The van der Waals surface area contributed by atoms with Gasteiger partial charge in [-0.1, -0.05) is 24.3 Å². The summed E-state index contributed by atoms with van der Waals surface area (Å²) in [5.74, 6) is 0.285. The first kappa shape index (κ1) is 19.2. The number of nitrogens with zero attached hydrogens (tertiary/aromatic N) is 1. The fraction of sp³-hybridized carbons (Fsp3) is 0.533. The number of ether oxygens (including phenoxy) is 2. The third-order valence-electron chi connectivity index (χ3n) is 2.77. The topological polar surface area (TPSA) is 68.9 Å². The van der Waals surface area contributed by atoms with Crippen molar-refractivity contribution in [1.29, 1.82) is 0 Å².